The third kappa shape index (κ3) is 6.48. The summed E-state index contributed by atoms with van der Waals surface area (Å²) >= 11 is 0. The number of nitrogens with zero attached hydrogens (tertiary/aromatic N) is 3. The van der Waals surface area contributed by atoms with Gasteiger partial charge in [0.1, 0.15) is 12.4 Å². The molecule has 0 aliphatic heterocycles. The summed E-state index contributed by atoms with van der Waals surface area (Å²) in [5, 5.41) is 10.0. The molecule has 2 amide bonds. The van der Waals surface area contributed by atoms with Crippen LogP contribution in [0.2, 0.25) is 0 Å². The maximum atomic E-state index is 12.9. The first kappa shape index (κ1) is 28.3. The van der Waals surface area contributed by atoms with Crippen molar-refractivity contribution in [2.24, 2.45) is 0 Å². The van der Waals surface area contributed by atoms with Crippen molar-refractivity contribution in [3.8, 4) is 5.75 Å². The fourth-order valence-electron chi connectivity index (χ4n) is 4.13. The number of halogens is 3. The van der Waals surface area contributed by atoms with Crippen LogP contribution in [0.15, 0.2) is 60.8 Å². The highest BCUT2D eigenvalue weighted by atomic mass is 19.4. The van der Waals surface area contributed by atoms with Gasteiger partial charge in [0, 0.05) is 18.8 Å². The van der Waals surface area contributed by atoms with Gasteiger partial charge in [-0.25, -0.2) is 0 Å². The molecule has 0 spiro atoms. The molecule has 0 atom stereocenters. The second-order valence-corrected chi connectivity index (χ2v) is 9.24. The van der Waals surface area contributed by atoms with E-state index in [1.54, 1.807) is 55.9 Å². The second kappa shape index (κ2) is 11.6. The minimum atomic E-state index is -4.42. The van der Waals surface area contributed by atoms with E-state index >= 15 is 0 Å². The highest BCUT2D eigenvalue weighted by Crippen LogP contribution is 2.32. The molecule has 40 heavy (non-hydrogen) atoms. The molecule has 2 N–H and O–H groups in total. The van der Waals surface area contributed by atoms with E-state index in [0.29, 0.717) is 46.1 Å². The van der Waals surface area contributed by atoms with Crippen LogP contribution >= 0.6 is 0 Å². The van der Waals surface area contributed by atoms with Crippen LogP contribution in [0.3, 0.4) is 0 Å². The third-order valence-electron chi connectivity index (χ3n) is 6.33. The van der Waals surface area contributed by atoms with Crippen LogP contribution in [-0.4, -0.2) is 33.6 Å². The zero-order valence-corrected chi connectivity index (χ0v) is 22.4. The van der Waals surface area contributed by atoms with Gasteiger partial charge in [-0.05, 0) is 74.4 Å². The molecule has 2 aromatic carbocycles. The Bertz CT molecular complexity index is 1550. The molecule has 0 bridgehead atoms. The first-order chi connectivity index (χ1) is 19.0. The van der Waals surface area contributed by atoms with Crippen LogP contribution in [-0.2, 0) is 19.3 Å². The van der Waals surface area contributed by atoms with Crippen molar-refractivity contribution in [1.82, 2.24) is 20.1 Å². The number of alkyl halides is 3. The zero-order valence-electron chi connectivity index (χ0n) is 22.4. The normalized spacial score (nSPS) is 11.3. The van der Waals surface area contributed by atoms with E-state index in [-0.39, 0.29) is 18.4 Å². The van der Waals surface area contributed by atoms with Gasteiger partial charge in [0.15, 0.2) is 0 Å². The average molecular weight is 552 g/mol. The molecule has 0 saturated carbocycles. The van der Waals surface area contributed by atoms with Gasteiger partial charge in [-0.15, -0.1) is 0 Å². The summed E-state index contributed by atoms with van der Waals surface area (Å²) in [5.41, 5.74) is 3.85. The molecule has 2 heterocycles. The Labute approximate surface area is 229 Å². The first-order valence-corrected chi connectivity index (χ1v) is 12.4. The molecule has 0 radical (unpaired) electrons. The van der Waals surface area contributed by atoms with E-state index in [9.17, 15) is 22.8 Å². The van der Waals surface area contributed by atoms with E-state index in [1.807, 2.05) is 13.0 Å². The largest absolute Gasteiger partial charge is 0.487 e. The number of hydrogen-bond acceptors (Lipinski definition) is 5. The van der Waals surface area contributed by atoms with Crippen molar-refractivity contribution < 1.29 is 27.5 Å². The maximum absolute atomic E-state index is 12.9. The monoisotopic (exact) mass is 551 g/mol. The van der Waals surface area contributed by atoms with Gasteiger partial charge in [0.2, 0.25) is 0 Å². The molecule has 0 saturated heterocycles. The molecule has 2 aromatic heterocycles. The predicted octanol–water partition coefficient (Wildman–Crippen LogP) is 5.46. The number of aryl methyl sites for hydroxylation is 2. The average Bonchev–Trinajstić information content (AvgIpc) is 3.18. The van der Waals surface area contributed by atoms with Crippen LogP contribution in [0.1, 0.15) is 54.5 Å². The van der Waals surface area contributed by atoms with Crippen molar-refractivity contribution in [3.05, 3.63) is 106 Å². The van der Waals surface area contributed by atoms with Gasteiger partial charge in [0.05, 0.1) is 40.4 Å². The van der Waals surface area contributed by atoms with Gasteiger partial charge >= 0.3 is 6.18 Å². The summed E-state index contributed by atoms with van der Waals surface area (Å²) in [6, 6.07) is 13.7. The Morgan fingerprint density at radius 3 is 2.40 bits per heavy atom. The lowest BCUT2D eigenvalue weighted by atomic mass is 10.1. The zero-order chi connectivity index (χ0) is 29.0. The summed E-state index contributed by atoms with van der Waals surface area (Å²) in [7, 11) is 1.58. The highest BCUT2D eigenvalue weighted by molar-refractivity contribution is 6.04. The maximum Gasteiger partial charge on any atom is 0.416 e. The van der Waals surface area contributed by atoms with Gasteiger partial charge in [0.25, 0.3) is 11.8 Å². The van der Waals surface area contributed by atoms with Crippen molar-refractivity contribution in [3.63, 3.8) is 0 Å². The van der Waals surface area contributed by atoms with E-state index in [4.69, 9.17) is 4.74 Å². The van der Waals surface area contributed by atoms with Crippen molar-refractivity contribution in [1.29, 1.82) is 0 Å². The number of carbonyl (C=O) groups excluding carboxylic acids is 2. The molecule has 0 unspecified atom stereocenters. The molecule has 4 rings (SSSR count). The van der Waals surface area contributed by atoms with Gasteiger partial charge in [-0.3, -0.25) is 19.3 Å². The molecule has 0 fully saturated rings. The first-order valence-electron chi connectivity index (χ1n) is 12.4. The Morgan fingerprint density at radius 2 is 1.75 bits per heavy atom. The number of hydrogen-bond donors (Lipinski definition) is 2. The summed E-state index contributed by atoms with van der Waals surface area (Å²) in [6.45, 7) is 5.63. The quantitative estimate of drug-likeness (QED) is 0.303. The van der Waals surface area contributed by atoms with Gasteiger partial charge in [-0.1, -0.05) is 12.1 Å². The number of benzene rings is 2. The molecular formula is C29H28F3N5O3. The lowest BCUT2D eigenvalue weighted by Crippen LogP contribution is -2.18. The number of aromatic nitrogens is 3. The van der Waals surface area contributed by atoms with Crippen molar-refractivity contribution >= 4 is 17.5 Å². The number of nitrogens with one attached hydrogen (secondary N) is 2. The fourth-order valence-corrected chi connectivity index (χ4v) is 4.13. The Balaban J connectivity index is 1.40. The third-order valence-corrected chi connectivity index (χ3v) is 6.33. The van der Waals surface area contributed by atoms with Crippen LogP contribution < -0.4 is 15.4 Å². The van der Waals surface area contributed by atoms with E-state index in [0.717, 1.165) is 23.4 Å². The van der Waals surface area contributed by atoms with Gasteiger partial charge < -0.3 is 15.4 Å². The molecule has 0 aliphatic rings. The van der Waals surface area contributed by atoms with Crippen LogP contribution in [0.5, 0.6) is 5.75 Å². The SMILES string of the molecule is CNC(=O)c1cccc(Cn2nc(C)c(NC(=O)c3ccc(COc4ccc(C(F)(F)F)cc4C)nc3)c2C)c1. The molecule has 208 valence electrons. The number of ether oxygens (including phenoxy) is 1. The van der Waals surface area contributed by atoms with Crippen molar-refractivity contribution in [2.45, 2.75) is 40.1 Å². The Kier molecular flexibility index (Phi) is 8.22. The molecule has 11 heteroatoms. The van der Waals surface area contributed by atoms with Crippen molar-refractivity contribution in [2.75, 3.05) is 12.4 Å². The summed E-state index contributed by atoms with van der Waals surface area (Å²) < 4.78 is 46.0. The van der Waals surface area contributed by atoms with E-state index in [2.05, 4.69) is 20.7 Å². The van der Waals surface area contributed by atoms with E-state index in [1.165, 1.54) is 12.3 Å². The minimum Gasteiger partial charge on any atom is -0.487 e. The summed E-state index contributed by atoms with van der Waals surface area (Å²) in [4.78, 5) is 29.1. The van der Waals surface area contributed by atoms with Crippen LogP contribution in [0.25, 0.3) is 0 Å². The number of amides is 2. The number of pyridine rings is 1. The highest BCUT2D eigenvalue weighted by Gasteiger charge is 2.30. The molecule has 8 nitrogen and oxygen atoms in total. The topological polar surface area (TPSA) is 98.1 Å². The van der Waals surface area contributed by atoms with Gasteiger partial charge in [-0.2, -0.15) is 18.3 Å². The minimum absolute atomic E-state index is 0.0280. The lowest BCUT2D eigenvalue weighted by Gasteiger charge is -2.12. The summed E-state index contributed by atoms with van der Waals surface area (Å²) in [5.74, 6) is -0.227. The van der Waals surface area contributed by atoms with Crippen LogP contribution in [0.4, 0.5) is 18.9 Å². The Morgan fingerprint density at radius 1 is 0.975 bits per heavy atom. The lowest BCUT2D eigenvalue weighted by molar-refractivity contribution is -0.137. The van der Waals surface area contributed by atoms with Crippen LogP contribution in [0, 0.1) is 20.8 Å². The fraction of sp³-hybridized carbons (Fsp3) is 0.241. The molecule has 0 aliphatic carbocycles. The number of rotatable bonds is 8. The smallest absolute Gasteiger partial charge is 0.416 e. The second-order valence-electron chi connectivity index (χ2n) is 9.24. The number of anilines is 1. The number of carbonyl (C=O) groups is 2. The van der Waals surface area contributed by atoms with E-state index < -0.39 is 11.7 Å². The molecular weight excluding hydrogens is 523 g/mol. The standard InChI is InChI=1S/C29H28F3N5O3/c1-17-12-23(29(30,31)32)9-11-25(17)40-16-24-10-8-22(14-34-24)28(39)35-26-18(2)36-37(19(26)3)15-20-6-5-7-21(13-20)27(38)33-4/h5-14H,15-16H2,1-4H3,(H,33,38)(H,35,39). The summed E-state index contributed by atoms with van der Waals surface area (Å²) in [6.07, 6.45) is -3.01. The Hall–Kier alpha value is -4.67. The molecule has 4 aromatic rings. The predicted molar refractivity (Wildman–Crippen MR) is 143 cm³/mol.